The average Bonchev–Trinajstić information content (AvgIpc) is 2.27. The number of nitrogens with one attached hydrogen (secondary N) is 1. The molecule has 0 aliphatic rings. The maximum absolute atomic E-state index is 11.8. The van der Waals surface area contributed by atoms with Gasteiger partial charge < -0.3 is 10.1 Å². The highest BCUT2D eigenvalue weighted by atomic mass is 79.9. The first kappa shape index (κ1) is 15.5. The molecule has 1 N–H and O–H groups in total. The van der Waals surface area contributed by atoms with Crippen LogP contribution in [-0.4, -0.2) is 25.7 Å². The fourth-order valence-corrected chi connectivity index (χ4v) is 2.19. The maximum Gasteiger partial charge on any atom is 0.252 e. The first-order valence-corrected chi connectivity index (χ1v) is 6.98. The van der Waals surface area contributed by atoms with Crippen LogP contribution in [0.2, 0.25) is 5.02 Å². The standard InChI is InChI=1S/C13H17BrClNO2/c1-9(2)8-18-6-5-16-13(17)11-4-3-10(15)7-12(11)14/h3-4,7,9H,5-6,8H2,1-2H3,(H,16,17). The van der Waals surface area contributed by atoms with Crippen LogP contribution in [0.1, 0.15) is 24.2 Å². The lowest BCUT2D eigenvalue weighted by molar-refractivity contribution is 0.0885. The molecule has 3 nitrogen and oxygen atoms in total. The number of halogens is 2. The molecule has 0 unspecified atom stereocenters. The summed E-state index contributed by atoms with van der Waals surface area (Å²) in [6.45, 7) is 5.91. The summed E-state index contributed by atoms with van der Waals surface area (Å²) in [5, 5.41) is 3.39. The van der Waals surface area contributed by atoms with Gasteiger partial charge in [-0.15, -0.1) is 0 Å². The van der Waals surface area contributed by atoms with E-state index in [1.54, 1.807) is 18.2 Å². The molecule has 100 valence electrons. The van der Waals surface area contributed by atoms with E-state index in [4.69, 9.17) is 16.3 Å². The van der Waals surface area contributed by atoms with Crippen molar-refractivity contribution in [3.05, 3.63) is 33.3 Å². The number of hydrogen-bond donors (Lipinski definition) is 1. The third-order valence-electron chi connectivity index (χ3n) is 2.16. The molecule has 0 fully saturated rings. The van der Waals surface area contributed by atoms with Crippen LogP contribution < -0.4 is 5.32 Å². The van der Waals surface area contributed by atoms with Crippen molar-refractivity contribution < 1.29 is 9.53 Å². The van der Waals surface area contributed by atoms with Crippen LogP contribution >= 0.6 is 27.5 Å². The van der Waals surface area contributed by atoms with Crippen LogP contribution in [0.4, 0.5) is 0 Å². The Morgan fingerprint density at radius 2 is 2.22 bits per heavy atom. The van der Waals surface area contributed by atoms with Gasteiger partial charge in [-0.2, -0.15) is 0 Å². The number of rotatable bonds is 6. The summed E-state index contributed by atoms with van der Waals surface area (Å²) < 4.78 is 6.07. The van der Waals surface area contributed by atoms with Crippen molar-refractivity contribution in [2.45, 2.75) is 13.8 Å². The summed E-state index contributed by atoms with van der Waals surface area (Å²) in [4.78, 5) is 11.8. The van der Waals surface area contributed by atoms with Crippen molar-refractivity contribution in [2.24, 2.45) is 5.92 Å². The molecular weight excluding hydrogens is 318 g/mol. The summed E-state index contributed by atoms with van der Waals surface area (Å²) in [5.74, 6) is 0.373. The van der Waals surface area contributed by atoms with E-state index in [0.29, 0.717) is 40.7 Å². The van der Waals surface area contributed by atoms with E-state index in [0.717, 1.165) is 0 Å². The zero-order chi connectivity index (χ0) is 13.5. The predicted molar refractivity (Wildman–Crippen MR) is 77.1 cm³/mol. The van der Waals surface area contributed by atoms with Crippen LogP contribution in [0, 0.1) is 5.92 Å². The van der Waals surface area contributed by atoms with Crippen LogP contribution in [0.3, 0.4) is 0 Å². The number of carbonyl (C=O) groups excluding carboxylic acids is 1. The van der Waals surface area contributed by atoms with Crippen LogP contribution in [-0.2, 0) is 4.74 Å². The Morgan fingerprint density at radius 1 is 1.50 bits per heavy atom. The van der Waals surface area contributed by atoms with Gasteiger partial charge >= 0.3 is 0 Å². The molecule has 1 aromatic rings. The molecule has 0 aromatic heterocycles. The lowest BCUT2D eigenvalue weighted by atomic mass is 10.2. The minimum atomic E-state index is -0.133. The van der Waals surface area contributed by atoms with Crippen LogP contribution in [0.15, 0.2) is 22.7 Å². The van der Waals surface area contributed by atoms with Gasteiger partial charge in [-0.25, -0.2) is 0 Å². The number of benzene rings is 1. The zero-order valence-electron chi connectivity index (χ0n) is 10.5. The summed E-state index contributed by atoms with van der Waals surface area (Å²) in [6, 6.07) is 5.08. The number of hydrogen-bond acceptors (Lipinski definition) is 2. The molecule has 0 aliphatic heterocycles. The molecule has 0 radical (unpaired) electrons. The smallest absolute Gasteiger partial charge is 0.252 e. The molecule has 0 atom stereocenters. The quantitative estimate of drug-likeness (QED) is 0.809. The minimum absolute atomic E-state index is 0.133. The second kappa shape index (κ2) is 7.77. The van der Waals surface area contributed by atoms with Gasteiger partial charge in [0, 0.05) is 22.6 Å². The van der Waals surface area contributed by atoms with Gasteiger partial charge in [0.15, 0.2) is 0 Å². The molecule has 0 bridgehead atoms. The fraction of sp³-hybridized carbons (Fsp3) is 0.462. The Balaban J connectivity index is 2.36. The van der Waals surface area contributed by atoms with Crippen molar-refractivity contribution in [3.63, 3.8) is 0 Å². The molecule has 0 saturated carbocycles. The molecule has 1 amide bonds. The molecule has 0 saturated heterocycles. The average molecular weight is 335 g/mol. The molecule has 0 heterocycles. The minimum Gasteiger partial charge on any atom is -0.379 e. The fourth-order valence-electron chi connectivity index (χ4n) is 1.32. The Kier molecular flexibility index (Phi) is 6.68. The van der Waals surface area contributed by atoms with Crippen LogP contribution in [0.5, 0.6) is 0 Å². The highest BCUT2D eigenvalue weighted by Crippen LogP contribution is 2.21. The van der Waals surface area contributed by atoms with Gasteiger partial charge in [0.25, 0.3) is 5.91 Å². The predicted octanol–water partition coefficient (Wildman–Crippen LogP) is 3.50. The first-order chi connectivity index (χ1) is 8.50. The molecule has 0 aliphatic carbocycles. The highest BCUT2D eigenvalue weighted by molar-refractivity contribution is 9.10. The van der Waals surface area contributed by atoms with Gasteiger partial charge in [0.05, 0.1) is 12.2 Å². The molecular formula is C13H17BrClNO2. The second-order valence-electron chi connectivity index (χ2n) is 4.35. The van der Waals surface area contributed by atoms with E-state index < -0.39 is 0 Å². The third kappa shape index (κ3) is 5.38. The SMILES string of the molecule is CC(C)COCCNC(=O)c1ccc(Cl)cc1Br. The summed E-state index contributed by atoms with van der Waals surface area (Å²) in [7, 11) is 0. The van der Waals surface area contributed by atoms with Crippen molar-refractivity contribution in [1.82, 2.24) is 5.32 Å². The zero-order valence-corrected chi connectivity index (χ0v) is 12.8. The topological polar surface area (TPSA) is 38.3 Å². The van der Waals surface area contributed by atoms with E-state index >= 15 is 0 Å². The highest BCUT2D eigenvalue weighted by Gasteiger charge is 2.09. The monoisotopic (exact) mass is 333 g/mol. The molecule has 18 heavy (non-hydrogen) atoms. The van der Waals surface area contributed by atoms with Crippen molar-refractivity contribution in [3.8, 4) is 0 Å². The van der Waals surface area contributed by atoms with E-state index in [9.17, 15) is 4.79 Å². The third-order valence-corrected chi connectivity index (χ3v) is 3.05. The summed E-state index contributed by atoms with van der Waals surface area (Å²) in [5.41, 5.74) is 0.572. The van der Waals surface area contributed by atoms with Gasteiger partial charge in [0.1, 0.15) is 0 Å². The normalized spacial score (nSPS) is 10.7. The van der Waals surface area contributed by atoms with E-state index in [2.05, 4.69) is 35.1 Å². The lowest BCUT2D eigenvalue weighted by Crippen LogP contribution is -2.27. The van der Waals surface area contributed by atoms with Crippen LogP contribution in [0.25, 0.3) is 0 Å². The second-order valence-corrected chi connectivity index (χ2v) is 5.64. The van der Waals surface area contributed by atoms with E-state index in [-0.39, 0.29) is 5.91 Å². The van der Waals surface area contributed by atoms with Gasteiger partial charge in [0.2, 0.25) is 0 Å². The molecule has 1 rings (SSSR count). The van der Waals surface area contributed by atoms with Gasteiger partial charge in [-0.05, 0) is 40.0 Å². The van der Waals surface area contributed by atoms with Crippen molar-refractivity contribution in [1.29, 1.82) is 0 Å². The number of carbonyl (C=O) groups is 1. The lowest BCUT2D eigenvalue weighted by Gasteiger charge is -2.09. The van der Waals surface area contributed by atoms with Gasteiger partial charge in [-0.3, -0.25) is 4.79 Å². The molecule has 5 heteroatoms. The Morgan fingerprint density at radius 3 is 2.83 bits per heavy atom. The largest absolute Gasteiger partial charge is 0.379 e. The molecule has 1 aromatic carbocycles. The Labute approximate surface area is 121 Å². The number of ether oxygens (including phenoxy) is 1. The summed E-state index contributed by atoms with van der Waals surface area (Å²) in [6.07, 6.45) is 0. The maximum atomic E-state index is 11.8. The first-order valence-electron chi connectivity index (χ1n) is 5.81. The van der Waals surface area contributed by atoms with Crippen molar-refractivity contribution >= 4 is 33.4 Å². The Bertz CT molecular complexity index is 410. The van der Waals surface area contributed by atoms with E-state index in [1.165, 1.54) is 0 Å². The summed E-state index contributed by atoms with van der Waals surface area (Å²) >= 11 is 9.13. The number of amides is 1. The molecule has 0 spiro atoms. The van der Waals surface area contributed by atoms with Crippen molar-refractivity contribution in [2.75, 3.05) is 19.8 Å². The Hall–Kier alpha value is -0.580. The van der Waals surface area contributed by atoms with E-state index in [1.807, 2.05) is 0 Å². The van der Waals surface area contributed by atoms with Gasteiger partial charge in [-0.1, -0.05) is 25.4 Å².